The summed E-state index contributed by atoms with van der Waals surface area (Å²) in [6.07, 6.45) is 3.48. The van der Waals surface area contributed by atoms with Crippen molar-refractivity contribution in [2.75, 3.05) is 20.8 Å². The molecule has 82 valence electrons. The zero-order valence-corrected chi connectivity index (χ0v) is 8.90. The summed E-state index contributed by atoms with van der Waals surface area (Å²) in [5, 5.41) is 9.72. The number of rotatable bonds is 3. The van der Waals surface area contributed by atoms with Crippen LogP contribution in [0.5, 0.6) is 0 Å². The van der Waals surface area contributed by atoms with Gasteiger partial charge < -0.3 is 14.7 Å². The van der Waals surface area contributed by atoms with Crippen molar-refractivity contribution in [1.82, 2.24) is 4.90 Å². The summed E-state index contributed by atoms with van der Waals surface area (Å²) in [5.41, 5.74) is 0. The monoisotopic (exact) mass is 201 g/mol. The van der Waals surface area contributed by atoms with Gasteiger partial charge in [-0.1, -0.05) is 12.8 Å². The van der Waals surface area contributed by atoms with Crippen LogP contribution in [0.15, 0.2) is 0 Å². The molecule has 0 aromatic heterocycles. The van der Waals surface area contributed by atoms with Crippen LogP contribution in [0.4, 0.5) is 0 Å². The number of amides is 1. The van der Waals surface area contributed by atoms with Crippen LogP contribution in [-0.2, 0) is 9.53 Å². The van der Waals surface area contributed by atoms with E-state index >= 15 is 0 Å². The molecule has 0 bridgehead atoms. The quantitative estimate of drug-likeness (QED) is 0.719. The average Bonchev–Trinajstić information content (AvgIpc) is 2.18. The van der Waals surface area contributed by atoms with E-state index in [1.165, 1.54) is 7.11 Å². The van der Waals surface area contributed by atoms with Crippen molar-refractivity contribution < 1.29 is 14.6 Å². The molecular formula is C10H19NO3. The highest BCUT2D eigenvalue weighted by atomic mass is 16.5. The smallest absolute Gasteiger partial charge is 0.248 e. The minimum absolute atomic E-state index is 0.0219. The molecule has 4 nitrogen and oxygen atoms in total. The Morgan fingerprint density at radius 2 is 2.14 bits per heavy atom. The lowest BCUT2D eigenvalue weighted by Gasteiger charge is -2.35. The van der Waals surface area contributed by atoms with Crippen LogP contribution in [0, 0.1) is 0 Å². The molecular weight excluding hydrogens is 182 g/mol. The first-order valence-corrected chi connectivity index (χ1v) is 5.09. The number of hydrogen-bond donors (Lipinski definition) is 1. The van der Waals surface area contributed by atoms with Crippen molar-refractivity contribution in [2.45, 2.75) is 37.8 Å². The number of hydrogen-bond acceptors (Lipinski definition) is 3. The van der Waals surface area contributed by atoms with E-state index in [1.54, 1.807) is 11.9 Å². The molecule has 1 aliphatic rings. The molecule has 0 aromatic carbocycles. The van der Waals surface area contributed by atoms with Gasteiger partial charge in [0.15, 0.2) is 0 Å². The van der Waals surface area contributed by atoms with Crippen molar-refractivity contribution in [3.05, 3.63) is 0 Å². The number of carbonyl (C=O) groups excluding carboxylic acids is 1. The number of methoxy groups -OCH3 is 1. The van der Waals surface area contributed by atoms with Gasteiger partial charge in [-0.25, -0.2) is 0 Å². The van der Waals surface area contributed by atoms with Crippen LogP contribution in [-0.4, -0.2) is 48.8 Å². The normalized spacial score (nSPS) is 27.4. The molecule has 1 fully saturated rings. The second-order valence-corrected chi connectivity index (χ2v) is 3.86. The summed E-state index contributed by atoms with van der Waals surface area (Å²) in [7, 11) is 3.24. The summed E-state index contributed by atoms with van der Waals surface area (Å²) < 4.78 is 4.78. The summed E-state index contributed by atoms with van der Waals surface area (Å²) in [6, 6.07) is -0.0219. The molecule has 2 unspecified atom stereocenters. The maximum atomic E-state index is 11.5. The molecule has 1 N–H and O–H groups in total. The first-order valence-electron chi connectivity index (χ1n) is 5.09. The molecule has 0 aromatic rings. The van der Waals surface area contributed by atoms with Gasteiger partial charge in [0.25, 0.3) is 0 Å². The lowest BCUT2D eigenvalue weighted by molar-refractivity contribution is -0.139. The maximum absolute atomic E-state index is 11.5. The molecule has 2 atom stereocenters. The van der Waals surface area contributed by atoms with Crippen molar-refractivity contribution in [3.8, 4) is 0 Å². The molecule has 1 saturated carbocycles. The predicted molar refractivity (Wildman–Crippen MR) is 52.9 cm³/mol. The molecule has 1 rings (SSSR count). The second-order valence-electron chi connectivity index (χ2n) is 3.86. The Morgan fingerprint density at radius 1 is 1.50 bits per heavy atom. The van der Waals surface area contributed by atoms with E-state index in [0.29, 0.717) is 0 Å². The van der Waals surface area contributed by atoms with Gasteiger partial charge in [0.1, 0.15) is 6.61 Å². The molecule has 4 heteroatoms. The first-order chi connectivity index (χ1) is 6.66. The zero-order chi connectivity index (χ0) is 10.6. The molecule has 14 heavy (non-hydrogen) atoms. The van der Waals surface area contributed by atoms with E-state index in [0.717, 1.165) is 25.7 Å². The minimum Gasteiger partial charge on any atom is -0.391 e. The van der Waals surface area contributed by atoms with Crippen molar-refractivity contribution >= 4 is 5.91 Å². The fraction of sp³-hybridized carbons (Fsp3) is 0.900. The Hall–Kier alpha value is -0.610. The third kappa shape index (κ3) is 2.69. The van der Waals surface area contributed by atoms with Gasteiger partial charge in [-0.15, -0.1) is 0 Å². The van der Waals surface area contributed by atoms with E-state index < -0.39 is 0 Å². The van der Waals surface area contributed by atoms with Gasteiger partial charge >= 0.3 is 0 Å². The first kappa shape index (κ1) is 11.5. The van der Waals surface area contributed by atoms with Gasteiger partial charge in [0.2, 0.25) is 5.91 Å². The van der Waals surface area contributed by atoms with E-state index in [9.17, 15) is 9.90 Å². The van der Waals surface area contributed by atoms with Crippen LogP contribution >= 0.6 is 0 Å². The number of likely N-dealkylation sites (N-methyl/N-ethyl adjacent to an activating group) is 1. The number of aliphatic hydroxyl groups is 1. The van der Waals surface area contributed by atoms with Crippen molar-refractivity contribution in [3.63, 3.8) is 0 Å². The van der Waals surface area contributed by atoms with Crippen LogP contribution < -0.4 is 0 Å². The van der Waals surface area contributed by atoms with Crippen LogP contribution in [0.3, 0.4) is 0 Å². The highest BCUT2D eigenvalue weighted by molar-refractivity contribution is 5.77. The summed E-state index contributed by atoms with van der Waals surface area (Å²) in [4.78, 5) is 13.1. The van der Waals surface area contributed by atoms with Crippen molar-refractivity contribution in [1.29, 1.82) is 0 Å². The summed E-state index contributed by atoms with van der Waals surface area (Å²) in [6.45, 7) is 0.0969. The van der Waals surface area contributed by atoms with Crippen LogP contribution in [0.1, 0.15) is 25.7 Å². The molecule has 0 saturated heterocycles. The van der Waals surface area contributed by atoms with Gasteiger partial charge in [-0.3, -0.25) is 4.79 Å². The Bertz CT molecular complexity index is 196. The standard InChI is InChI=1S/C10H19NO3/c1-11(10(13)7-14-2)8-5-3-4-6-9(8)12/h8-9,12H,3-7H2,1-2H3. The predicted octanol–water partition coefficient (Wildman–Crippen LogP) is 0.395. The molecule has 0 radical (unpaired) electrons. The lowest BCUT2D eigenvalue weighted by atomic mass is 9.91. The number of ether oxygens (including phenoxy) is 1. The minimum atomic E-state index is -0.366. The van der Waals surface area contributed by atoms with Crippen LogP contribution in [0.25, 0.3) is 0 Å². The average molecular weight is 201 g/mol. The molecule has 0 aliphatic heterocycles. The Labute approximate surface area is 84.8 Å². The molecule has 0 spiro atoms. The number of nitrogens with zero attached hydrogens (tertiary/aromatic N) is 1. The van der Waals surface area contributed by atoms with E-state index in [2.05, 4.69) is 0 Å². The summed E-state index contributed by atoms with van der Waals surface area (Å²) >= 11 is 0. The molecule has 1 aliphatic carbocycles. The SMILES string of the molecule is COCC(=O)N(C)C1CCCCC1O. The maximum Gasteiger partial charge on any atom is 0.248 e. The van der Waals surface area contributed by atoms with Gasteiger partial charge in [0, 0.05) is 14.2 Å². The largest absolute Gasteiger partial charge is 0.391 e. The topological polar surface area (TPSA) is 49.8 Å². The van der Waals surface area contributed by atoms with Gasteiger partial charge in [-0.05, 0) is 12.8 Å². The van der Waals surface area contributed by atoms with Crippen LogP contribution in [0.2, 0.25) is 0 Å². The Balaban J connectivity index is 2.48. The van der Waals surface area contributed by atoms with E-state index in [1.807, 2.05) is 0 Å². The van der Waals surface area contributed by atoms with Gasteiger partial charge in [-0.2, -0.15) is 0 Å². The van der Waals surface area contributed by atoms with E-state index in [-0.39, 0.29) is 24.7 Å². The third-order valence-corrected chi connectivity index (χ3v) is 2.85. The number of aliphatic hydroxyl groups excluding tert-OH is 1. The number of carbonyl (C=O) groups is 1. The fourth-order valence-corrected chi connectivity index (χ4v) is 1.95. The Kier molecular flexibility index (Phi) is 4.35. The molecule has 0 heterocycles. The summed E-state index contributed by atoms with van der Waals surface area (Å²) in [5.74, 6) is -0.0570. The molecule has 1 amide bonds. The van der Waals surface area contributed by atoms with E-state index in [4.69, 9.17) is 4.74 Å². The zero-order valence-electron chi connectivity index (χ0n) is 8.90. The highest BCUT2D eigenvalue weighted by Gasteiger charge is 2.28. The third-order valence-electron chi connectivity index (χ3n) is 2.85. The van der Waals surface area contributed by atoms with Gasteiger partial charge in [0.05, 0.1) is 12.1 Å². The van der Waals surface area contributed by atoms with Crippen molar-refractivity contribution in [2.24, 2.45) is 0 Å². The highest BCUT2D eigenvalue weighted by Crippen LogP contribution is 2.22. The second kappa shape index (κ2) is 5.32. The Morgan fingerprint density at radius 3 is 2.71 bits per heavy atom. The lowest BCUT2D eigenvalue weighted by Crippen LogP contribution is -2.47. The fourth-order valence-electron chi connectivity index (χ4n) is 1.95.